The van der Waals surface area contributed by atoms with Crippen molar-refractivity contribution in [2.45, 2.75) is 32.1 Å². The SMILES string of the molecule is Cc1ccccc1CSCCNC(=O)C1CCCN(Cc2ccc(Cl)c(Cl)c2)C1. The molecular formula is C23H28Cl2N2OS. The maximum Gasteiger partial charge on any atom is 0.224 e. The van der Waals surface area contributed by atoms with Gasteiger partial charge in [0.2, 0.25) is 5.91 Å². The fraction of sp³-hybridized carbons (Fsp3) is 0.435. The third kappa shape index (κ3) is 6.92. The van der Waals surface area contributed by atoms with Crippen molar-refractivity contribution in [2.24, 2.45) is 5.92 Å². The predicted molar refractivity (Wildman–Crippen MR) is 125 cm³/mol. The van der Waals surface area contributed by atoms with E-state index in [1.807, 2.05) is 30.0 Å². The van der Waals surface area contributed by atoms with E-state index in [1.165, 1.54) is 11.1 Å². The predicted octanol–water partition coefficient (Wildman–Crippen LogP) is 5.56. The summed E-state index contributed by atoms with van der Waals surface area (Å²) in [6.45, 7) is 5.47. The fourth-order valence-electron chi connectivity index (χ4n) is 3.65. The smallest absolute Gasteiger partial charge is 0.224 e. The van der Waals surface area contributed by atoms with Gasteiger partial charge in [0.1, 0.15) is 0 Å². The highest BCUT2D eigenvalue weighted by Crippen LogP contribution is 2.25. The lowest BCUT2D eigenvalue weighted by Gasteiger charge is -2.32. The first kappa shape index (κ1) is 22.5. The van der Waals surface area contributed by atoms with Gasteiger partial charge in [-0.15, -0.1) is 0 Å². The molecule has 1 atom stereocenters. The summed E-state index contributed by atoms with van der Waals surface area (Å²) in [7, 11) is 0. The Hall–Kier alpha value is -1.20. The van der Waals surface area contributed by atoms with Crippen LogP contribution in [-0.4, -0.2) is 36.2 Å². The molecule has 0 aromatic heterocycles. The number of likely N-dealkylation sites (tertiary alicyclic amines) is 1. The van der Waals surface area contributed by atoms with Crippen LogP contribution in [-0.2, 0) is 17.1 Å². The van der Waals surface area contributed by atoms with Crippen LogP contribution in [0.3, 0.4) is 0 Å². The molecule has 1 aliphatic rings. The van der Waals surface area contributed by atoms with E-state index < -0.39 is 0 Å². The maximum atomic E-state index is 12.6. The van der Waals surface area contributed by atoms with Gasteiger partial charge in [-0.05, 0) is 55.1 Å². The highest BCUT2D eigenvalue weighted by molar-refractivity contribution is 7.98. The second kappa shape index (κ2) is 11.3. The number of benzene rings is 2. The van der Waals surface area contributed by atoms with Gasteiger partial charge >= 0.3 is 0 Å². The first-order chi connectivity index (χ1) is 14.0. The Kier molecular flexibility index (Phi) is 8.73. The van der Waals surface area contributed by atoms with Gasteiger partial charge in [-0.25, -0.2) is 0 Å². The zero-order valence-electron chi connectivity index (χ0n) is 16.8. The van der Waals surface area contributed by atoms with Crippen molar-refractivity contribution in [1.82, 2.24) is 10.2 Å². The number of halogens is 2. The van der Waals surface area contributed by atoms with E-state index >= 15 is 0 Å². The molecule has 3 rings (SSSR count). The first-order valence-electron chi connectivity index (χ1n) is 10.1. The maximum absolute atomic E-state index is 12.6. The van der Waals surface area contributed by atoms with Crippen LogP contribution in [0.1, 0.15) is 29.5 Å². The van der Waals surface area contributed by atoms with E-state index in [9.17, 15) is 4.79 Å². The van der Waals surface area contributed by atoms with Gasteiger partial charge in [-0.3, -0.25) is 9.69 Å². The van der Waals surface area contributed by atoms with E-state index in [0.717, 1.165) is 56.1 Å². The summed E-state index contributed by atoms with van der Waals surface area (Å²) in [6.07, 6.45) is 2.00. The Morgan fingerprint density at radius 3 is 2.83 bits per heavy atom. The Morgan fingerprint density at radius 2 is 2.03 bits per heavy atom. The molecule has 29 heavy (non-hydrogen) atoms. The minimum atomic E-state index is 0.0629. The van der Waals surface area contributed by atoms with Gasteiger partial charge in [0.05, 0.1) is 16.0 Å². The topological polar surface area (TPSA) is 32.3 Å². The quantitative estimate of drug-likeness (QED) is 0.533. The third-order valence-corrected chi connectivity index (χ3v) is 7.08. The third-order valence-electron chi connectivity index (χ3n) is 5.33. The number of carbonyl (C=O) groups excluding carboxylic acids is 1. The van der Waals surface area contributed by atoms with Gasteiger partial charge in [0.15, 0.2) is 0 Å². The minimum absolute atomic E-state index is 0.0629. The van der Waals surface area contributed by atoms with E-state index in [0.29, 0.717) is 10.0 Å². The molecule has 1 aliphatic heterocycles. The summed E-state index contributed by atoms with van der Waals surface area (Å²) in [5.74, 6) is 2.16. The molecule has 1 saturated heterocycles. The molecule has 1 heterocycles. The molecule has 0 bridgehead atoms. The van der Waals surface area contributed by atoms with Crippen molar-refractivity contribution < 1.29 is 4.79 Å². The number of hydrogen-bond donors (Lipinski definition) is 1. The van der Waals surface area contributed by atoms with Gasteiger partial charge < -0.3 is 5.32 Å². The van der Waals surface area contributed by atoms with Gasteiger partial charge in [0, 0.05) is 31.1 Å². The van der Waals surface area contributed by atoms with Crippen LogP contribution in [0.5, 0.6) is 0 Å². The van der Waals surface area contributed by atoms with Crippen molar-refractivity contribution >= 4 is 40.9 Å². The number of nitrogens with zero attached hydrogens (tertiary/aromatic N) is 1. The van der Waals surface area contributed by atoms with Crippen molar-refractivity contribution in [2.75, 3.05) is 25.4 Å². The summed E-state index contributed by atoms with van der Waals surface area (Å²) in [6, 6.07) is 14.2. The molecule has 1 amide bonds. The molecular weight excluding hydrogens is 423 g/mol. The Balaban J connectivity index is 1.39. The number of nitrogens with one attached hydrogen (secondary N) is 1. The van der Waals surface area contributed by atoms with E-state index in [4.69, 9.17) is 23.2 Å². The van der Waals surface area contributed by atoms with Crippen LogP contribution < -0.4 is 5.32 Å². The second-order valence-electron chi connectivity index (χ2n) is 7.59. The van der Waals surface area contributed by atoms with E-state index in [-0.39, 0.29) is 11.8 Å². The fourth-order valence-corrected chi connectivity index (χ4v) is 4.91. The highest BCUT2D eigenvalue weighted by atomic mass is 35.5. The lowest BCUT2D eigenvalue weighted by atomic mass is 9.96. The van der Waals surface area contributed by atoms with Gasteiger partial charge in [-0.2, -0.15) is 11.8 Å². The molecule has 3 nitrogen and oxygen atoms in total. The average Bonchev–Trinajstić information content (AvgIpc) is 2.72. The number of aryl methyl sites for hydroxylation is 1. The van der Waals surface area contributed by atoms with Gasteiger partial charge in [-0.1, -0.05) is 53.5 Å². The van der Waals surface area contributed by atoms with Crippen LogP contribution in [0.4, 0.5) is 0 Å². The lowest BCUT2D eigenvalue weighted by Crippen LogP contribution is -2.43. The Morgan fingerprint density at radius 1 is 1.21 bits per heavy atom. The van der Waals surface area contributed by atoms with Crippen molar-refractivity contribution in [3.05, 3.63) is 69.2 Å². The molecule has 2 aromatic carbocycles. The van der Waals surface area contributed by atoms with Gasteiger partial charge in [0.25, 0.3) is 0 Å². The second-order valence-corrected chi connectivity index (χ2v) is 9.51. The molecule has 0 saturated carbocycles. The zero-order valence-corrected chi connectivity index (χ0v) is 19.1. The number of carbonyl (C=O) groups is 1. The number of thioether (sulfide) groups is 1. The summed E-state index contributed by atoms with van der Waals surface area (Å²) >= 11 is 14.0. The molecule has 1 unspecified atom stereocenters. The van der Waals surface area contributed by atoms with E-state index in [2.05, 4.69) is 41.4 Å². The van der Waals surface area contributed by atoms with Crippen molar-refractivity contribution in [1.29, 1.82) is 0 Å². The molecule has 0 aliphatic carbocycles. The van der Waals surface area contributed by atoms with Crippen molar-refractivity contribution in [3.63, 3.8) is 0 Å². The first-order valence-corrected chi connectivity index (χ1v) is 12.0. The molecule has 0 spiro atoms. The molecule has 156 valence electrons. The number of hydrogen-bond acceptors (Lipinski definition) is 3. The Labute approximate surface area is 188 Å². The molecule has 0 radical (unpaired) electrons. The summed E-state index contributed by atoms with van der Waals surface area (Å²) in [5, 5.41) is 4.29. The van der Waals surface area contributed by atoms with E-state index in [1.54, 1.807) is 0 Å². The van der Waals surface area contributed by atoms with Crippen LogP contribution in [0.25, 0.3) is 0 Å². The molecule has 1 N–H and O–H groups in total. The normalized spacial score (nSPS) is 17.3. The van der Waals surface area contributed by atoms with Crippen molar-refractivity contribution in [3.8, 4) is 0 Å². The Bertz CT molecular complexity index is 830. The largest absolute Gasteiger partial charge is 0.355 e. The minimum Gasteiger partial charge on any atom is -0.355 e. The zero-order chi connectivity index (χ0) is 20.6. The van der Waals surface area contributed by atoms with Crippen LogP contribution in [0.15, 0.2) is 42.5 Å². The summed E-state index contributed by atoms with van der Waals surface area (Å²) < 4.78 is 0. The summed E-state index contributed by atoms with van der Waals surface area (Å²) in [4.78, 5) is 14.9. The molecule has 1 fully saturated rings. The monoisotopic (exact) mass is 450 g/mol. The van der Waals surface area contributed by atoms with Crippen LogP contribution in [0, 0.1) is 12.8 Å². The number of piperidine rings is 1. The highest BCUT2D eigenvalue weighted by Gasteiger charge is 2.25. The standard InChI is InChI=1S/C23H28Cl2N2OS/c1-17-5-2-3-6-20(17)16-29-12-10-26-23(28)19-7-4-11-27(15-19)14-18-8-9-21(24)22(25)13-18/h2-3,5-6,8-9,13,19H,4,7,10-12,14-16H2,1H3,(H,26,28). The lowest BCUT2D eigenvalue weighted by molar-refractivity contribution is -0.126. The summed E-state index contributed by atoms with van der Waals surface area (Å²) in [5.41, 5.74) is 3.83. The molecule has 2 aromatic rings. The number of amides is 1. The average molecular weight is 451 g/mol. The molecule has 6 heteroatoms. The van der Waals surface area contributed by atoms with Crippen LogP contribution in [0.2, 0.25) is 10.0 Å². The number of rotatable bonds is 8. The van der Waals surface area contributed by atoms with Crippen LogP contribution >= 0.6 is 35.0 Å².